The van der Waals surface area contributed by atoms with Gasteiger partial charge in [-0.2, -0.15) is 0 Å². The molecule has 158 valence electrons. The molecule has 0 spiro atoms. The lowest BCUT2D eigenvalue weighted by atomic mass is 9.93. The normalized spacial score (nSPS) is 23.0. The van der Waals surface area contributed by atoms with Gasteiger partial charge in [0.05, 0.1) is 12.6 Å². The second kappa shape index (κ2) is 7.65. The Morgan fingerprint density at radius 1 is 0.935 bits per heavy atom. The molecule has 1 fully saturated rings. The predicted molar refractivity (Wildman–Crippen MR) is 121 cm³/mol. The van der Waals surface area contributed by atoms with Crippen molar-refractivity contribution in [1.82, 2.24) is 14.5 Å². The van der Waals surface area contributed by atoms with Gasteiger partial charge in [-0.05, 0) is 48.1 Å². The van der Waals surface area contributed by atoms with Gasteiger partial charge in [0.1, 0.15) is 5.82 Å². The molecule has 3 aromatic rings. The van der Waals surface area contributed by atoms with Gasteiger partial charge in [0.25, 0.3) is 0 Å². The summed E-state index contributed by atoms with van der Waals surface area (Å²) in [6.07, 6.45) is 7.29. The van der Waals surface area contributed by atoms with Gasteiger partial charge in [0, 0.05) is 50.1 Å². The molecule has 5 heterocycles. The Hall–Kier alpha value is -2.92. The third-order valence-electron chi connectivity index (χ3n) is 7.09. The Kier molecular flexibility index (Phi) is 4.64. The van der Waals surface area contributed by atoms with Crippen LogP contribution in [0.1, 0.15) is 47.1 Å². The molecule has 1 saturated heterocycles. The highest BCUT2D eigenvalue weighted by atomic mass is 16.2. The zero-order valence-electron chi connectivity index (χ0n) is 17.8. The molecule has 1 aromatic heterocycles. The van der Waals surface area contributed by atoms with Gasteiger partial charge in [-0.3, -0.25) is 9.69 Å². The fourth-order valence-corrected chi connectivity index (χ4v) is 5.53. The first kappa shape index (κ1) is 18.8. The molecule has 2 unspecified atom stereocenters. The molecule has 4 aliphatic rings. The third-order valence-corrected chi connectivity index (χ3v) is 7.09. The molecule has 2 aromatic carbocycles. The number of rotatable bonds is 0. The summed E-state index contributed by atoms with van der Waals surface area (Å²) in [5.74, 6) is 1.41. The molecular formula is C26H28N4O. The fraction of sp³-hybridized carbons (Fsp3) is 0.385. The lowest BCUT2D eigenvalue weighted by molar-refractivity contribution is -0.121. The molecule has 0 radical (unpaired) electrons. The first-order valence-corrected chi connectivity index (χ1v) is 11.5. The number of nitrogens with zero attached hydrogens (tertiary/aromatic N) is 4. The lowest BCUT2D eigenvalue weighted by Gasteiger charge is -2.35. The first-order chi connectivity index (χ1) is 15.2. The number of fused-ring (bicyclic) bond motifs is 3. The van der Waals surface area contributed by atoms with Gasteiger partial charge in [-0.1, -0.05) is 36.4 Å². The van der Waals surface area contributed by atoms with E-state index in [0.29, 0.717) is 12.6 Å². The van der Waals surface area contributed by atoms with Gasteiger partial charge in [0.2, 0.25) is 5.91 Å². The minimum atomic E-state index is 0.200. The second-order valence-corrected chi connectivity index (χ2v) is 9.11. The van der Waals surface area contributed by atoms with Crippen LogP contribution in [0.2, 0.25) is 0 Å². The van der Waals surface area contributed by atoms with Crippen LogP contribution in [-0.2, 0) is 24.1 Å². The van der Waals surface area contributed by atoms with Crippen molar-refractivity contribution in [2.45, 2.75) is 38.1 Å². The van der Waals surface area contributed by atoms with Crippen LogP contribution in [0.15, 0.2) is 54.7 Å². The highest BCUT2D eigenvalue weighted by Crippen LogP contribution is 2.33. The van der Waals surface area contributed by atoms with E-state index in [2.05, 4.69) is 64.2 Å². The van der Waals surface area contributed by atoms with Crippen molar-refractivity contribution < 1.29 is 4.79 Å². The van der Waals surface area contributed by atoms with E-state index in [4.69, 9.17) is 4.98 Å². The second-order valence-electron chi connectivity index (χ2n) is 9.11. The first-order valence-electron chi connectivity index (χ1n) is 11.5. The minimum absolute atomic E-state index is 0.200. The van der Waals surface area contributed by atoms with Gasteiger partial charge >= 0.3 is 0 Å². The lowest BCUT2D eigenvalue weighted by Crippen LogP contribution is -2.51. The van der Waals surface area contributed by atoms with E-state index in [1.807, 2.05) is 4.90 Å². The van der Waals surface area contributed by atoms with Crippen LogP contribution in [0.4, 0.5) is 5.69 Å². The van der Waals surface area contributed by atoms with E-state index >= 15 is 0 Å². The van der Waals surface area contributed by atoms with E-state index in [-0.39, 0.29) is 5.91 Å². The van der Waals surface area contributed by atoms with E-state index < -0.39 is 0 Å². The molecule has 4 aliphatic heterocycles. The topological polar surface area (TPSA) is 41.4 Å². The van der Waals surface area contributed by atoms with Crippen LogP contribution >= 0.6 is 0 Å². The Morgan fingerprint density at radius 3 is 2.71 bits per heavy atom. The van der Waals surface area contributed by atoms with Crippen LogP contribution in [0.5, 0.6) is 0 Å². The highest BCUT2D eigenvalue weighted by Gasteiger charge is 2.28. The minimum Gasteiger partial charge on any atom is -0.325 e. The number of aryl methyl sites for hydroxylation is 1. The highest BCUT2D eigenvalue weighted by molar-refractivity contribution is 5.95. The third kappa shape index (κ3) is 3.47. The Balaban J connectivity index is 1.45. The van der Waals surface area contributed by atoms with Crippen LogP contribution in [0.3, 0.4) is 0 Å². The molecule has 2 atom stereocenters. The smallest absolute Gasteiger partial charge is 0.241 e. The summed E-state index contributed by atoms with van der Waals surface area (Å²) >= 11 is 0. The molecule has 7 rings (SSSR count). The molecule has 31 heavy (non-hydrogen) atoms. The van der Waals surface area contributed by atoms with Crippen molar-refractivity contribution >= 4 is 11.6 Å². The predicted octanol–water partition coefficient (Wildman–Crippen LogP) is 3.60. The van der Waals surface area contributed by atoms with Crippen LogP contribution < -0.4 is 4.90 Å². The number of carbonyl (C=O) groups is 1. The van der Waals surface area contributed by atoms with Gasteiger partial charge in [-0.25, -0.2) is 4.98 Å². The standard InChI is InChI=1S/C26H28N4O/c31-26-18-28-11-10-23-17-27-25-9-3-8-24(30(23)25)21-6-1-4-19(15-21)14-20-5-2-7-22(16-20)29(26)13-12-28/h1-2,4-7,15-17,24H,3,8-14,18H2. The summed E-state index contributed by atoms with van der Waals surface area (Å²) in [4.78, 5) is 22.0. The zero-order chi connectivity index (χ0) is 20.8. The SMILES string of the molecule is O=C1CN2CCc3cnc4n3C(CCC4)c3cccc(c3)Cc3cccc(c3)N1CC2. The number of amides is 1. The Bertz CT molecular complexity index is 1130. The number of piperazine rings is 1. The number of hydrogen-bond donors (Lipinski definition) is 0. The largest absolute Gasteiger partial charge is 0.325 e. The number of carbonyl (C=O) groups excluding carboxylic acids is 1. The molecular weight excluding hydrogens is 384 g/mol. The molecule has 0 aliphatic carbocycles. The van der Waals surface area contributed by atoms with Gasteiger partial charge < -0.3 is 9.47 Å². The van der Waals surface area contributed by atoms with Crippen molar-refractivity contribution in [1.29, 1.82) is 0 Å². The van der Waals surface area contributed by atoms with Gasteiger partial charge in [0.15, 0.2) is 0 Å². The Morgan fingerprint density at radius 2 is 1.81 bits per heavy atom. The van der Waals surface area contributed by atoms with Gasteiger partial charge in [-0.15, -0.1) is 0 Å². The number of aromatic nitrogens is 2. The summed E-state index contributed by atoms with van der Waals surface area (Å²) in [5, 5.41) is 0. The molecule has 6 bridgehead atoms. The maximum atomic E-state index is 12.9. The monoisotopic (exact) mass is 412 g/mol. The molecule has 0 saturated carbocycles. The van der Waals surface area contributed by atoms with E-state index in [9.17, 15) is 4.79 Å². The summed E-state index contributed by atoms with van der Waals surface area (Å²) in [6, 6.07) is 18.0. The van der Waals surface area contributed by atoms with Crippen molar-refractivity contribution in [3.8, 4) is 0 Å². The number of hydrogen-bond acceptors (Lipinski definition) is 3. The molecule has 0 N–H and O–H groups in total. The summed E-state index contributed by atoms with van der Waals surface area (Å²) in [5.41, 5.74) is 6.30. The molecule has 1 amide bonds. The summed E-state index contributed by atoms with van der Waals surface area (Å²) in [7, 11) is 0. The quantitative estimate of drug-likeness (QED) is 0.567. The van der Waals surface area contributed by atoms with Crippen LogP contribution in [0, 0.1) is 0 Å². The van der Waals surface area contributed by atoms with Crippen LogP contribution in [0.25, 0.3) is 0 Å². The van der Waals surface area contributed by atoms with E-state index in [0.717, 1.165) is 51.0 Å². The average molecular weight is 413 g/mol. The number of benzene rings is 2. The average Bonchev–Trinajstić information content (AvgIpc) is 3.21. The van der Waals surface area contributed by atoms with Crippen molar-refractivity contribution in [3.05, 3.63) is 82.9 Å². The van der Waals surface area contributed by atoms with E-state index in [1.54, 1.807) is 0 Å². The summed E-state index contributed by atoms with van der Waals surface area (Å²) in [6.45, 7) is 3.07. The number of imidazole rings is 1. The fourth-order valence-electron chi connectivity index (χ4n) is 5.53. The maximum Gasteiger partial charge on any atom is 0.241 e. The Labute approximate surface area is 183 Å². The molecule has 5 nitrogen and oxygen atoms in total. The number of anilines is 1. The summed E-state index contributed by atoms with van der Waals surface area (Å²) < 4.78 is 2.49. The van der Waals surface area contributed by atoms with Crippen molar-refractivity contribution in [2.75, 3.05) is 31.1 Å². The molecule has 5 heteroatoms. The zero-order valence-corrected chi connectivity index (χ0v) is 17.8. The van der Waals surface area contributed by atoms with Crippen LogP contribution in [-0.4, -0.2) is 46.5 Å². The maximum absolute atomic E-state index is 12.9. The van der Waals surface area contributed by atoms with Crippen molar-refractivity contribution in [2.24, 2.45) is 0 Å². The van der Waals surface area contributed by atoms with Crippen molar-refractivity contribution in [3.63, 3.8) is 0 Å². The van der Waals surface area contributed by atoms with E-state index in [1.165, 1.54) is 34.6 Å².